The van der Waals surface area contributed by atoms with E-state index in [4.69, 9.17) is 0 Å². The van der Waals surface area contributed by atoms with Gasteiger partial charge in [0.25, 0.3) is 0 Å². The Balaban J connectivity index is 3.37. The van der Waals surface area contributed by atoms with Crippen molar-refractivity contribution >= 4 is 5.91 Å². The molecule has 0 saturated heterocycles. The maximum absolute atomic E-state index is 12.4. The molecule has 0 aromatic carbocycles. The van der Waals surface area contributed by atoms with Crippen LogP contribution in [0.25, 0.3) is 0 Å². The standard InChI is InChI=1S/C51H101NO3/c1-3-5-7-9-11-13-15-17-18-19-20-21-22-23-24-25-26-27-28-29-30-31-32-33-34-35-36-38-40-42-44-46-50(54)49(48-53)52-51(55)47-45-43-41-39-37-16-14-12-10-8-6-4-2/h12,14,49-50,53-54H,3-11,13,15-48H2,1-2H3,(H,52,55)/b14-12-. The third-order valence-corrected chi connectivity index (χ3v) is 12.0. The molecule has 0 aliphatic carbocycles. The summed E-state index contributed by atoms with van der Waals surface area (Å²) in [5.41, 5.74) is 0. The molecular weight excluding hydrogens is 675 g/mol. The summed E-state index contributed by atoms with van der Waals surface area (Å²) >= 11 is 0. The lowest BCUT2D eigenvalue weighted by Gasteiger charge is -2.22. The number of carbonyl (C=O) groups excluding carboxylic acids is 1. The number of allylic oxidation sites excluding steroid dienone is 2. The normalized spacial score (nSPS) is 12.9. The van der Waals surface area contributed by atoms with Gasteiger partial charge < -0.3 is 15.5 Å². The number of amides is 1. The molecule has 328 valence electrons. The number of nitrogens with one attached hydrogen (secondary N) is 1. The Morgan fingerprint density at radius 1 is 0.418 bits per heavy atom. The highest BCUT2D eigenvalue weighted by Crippen LogP contribution is 2.18. The lowest BCUT2D eigenvalue weighted by molar-refractivity contribution is -0.123. The van der Waals surface area contributed by atoms with Gasteiger partial charge in [-0.25, -0.2) is 0 Å². The van der Waals surface area contributed by atoms with Crippen LogP contribution in [0.5, 0.6) is 0 Å². The van der Waals surface area contributed by atoms with E-state index in [2.05, 4.69) is 31.3 Å². The monoisotopic (exact) mass is 776 g/mol. The Labute approximate surface area is 346 Å². The van der Waals surface area contributed by atoms with Crippen molar-refractivity contribution in [2.24, 2.45) is 0 Å². The molecular formula is C51H101NO3. The third-order valence-electron chi connectivity index (χ3n) is 12.0. The molecule has 1 amide bonds. The number of aliphatic hydroxyl groups is 2. The van der Waals surface area contributed by atoms with Crippen LogP contribution in [0.4, 0.5) is 0 Å². The van der Waals surface area contributed by atoms with Gasteiger partial charge in [-0.1, -0.05) is 257 Å². The van der Waals surface area contributed by atoms with Gasteiger partial charge in [-0.05, 0) is 38.5 Å². The first-order valence-corrected chi connectivity index (χ1v) is 25.4. The van der Waals surface area contributed by atoms with Crippen LogP contribution in [0.3, 0.4) is 0 Å². The van der Waals surface area contributed by atoms with Crippen molar-refractivity contribution in [1.29, 1.82) is 0 Å². The summed E-state index contributed by atoms with van der Waals surface area (Å²) in [6.07, 6.45) is 60.5. The molecule has 0 aromatic heterocycles. The zero-order valence-electron chi connectivity index (χ0n) is 37.7. The maximum Gasteiger partial charge on any atom is 0.220 e. The van der Waals surface area contributed by atoms with Gasteiger partial charge in [0.05, 0.1) is 18.8 Å². The maximum atomic E-state index is 12.4. The number of carbonyl (C=O) groups is 1. The number of rotatable bonds is 47. The van der Waals surface area contributed by atoms with Gasteiger partial charge in [0.15, 0.2) is 0 Å². The lowest BCUT2D eigenvalue weighted by Crippen LogP contribution is -2.45. The second-order valence-electron chi connectivity index (χ2n) is 17.6. The Bertz CT molecular complexity index is 754. The minimum Gasteiger partial charge on any atom is -0.394 e. The molecule has 0 aromatic rings. The van der Waals surface area contributed by atoms with Gasteiger partial charge in [0.1, 0.15) is 0 Å². The summed E-state index contributed by atoms with van der Waals surface area (Å²) in [5.74, 6) is -0.0380. The van der Waals surface area contributed by atoms with E-state index in [0.29, 0.717) is 12.8 Å². The molecule has 0 radical (unpaired) electrons. The van der Waals surface area contributed by atoms with Gasteiger partial charge in [0.2, 0.25) is 5.91 Å². The van der Waals surface area contributed by atoms with Crippen LogP contribution >= 0.6 is 0 Å². The van der Waals surface area contributed by atoms with Crippen LogP contribution in [0.1, 0.15) is 290 Å². The molecule has 0 aliphatic rings. The van der Waals surface area contributed by atoms with Gasteiger partial charge in [-0.3, -0.25) is 4.79 Å². The van der Waals surface area contributed by atoms with E-state index in [0.717, 1.165) is 25.7 Å². The molecule has 2 atom stereocenters. The molecule has 55 heavy (non-hydrogen) atoms. The van der Waals surface area contributed by atoms with E-state index in [1.54, 1.807) is 0 Å². The van der Waals surface area contributed by atoms with Crippen molar-refractivity contribution in [2.75, 3.05) is 6.61 Å². The van der Waals surface area contributed by atoms with Crippen LogP contribution in [0.2, 0.25) is 0 Å². The van der Waals surface area contributed by atoms with Crippen molar-refractivity contribution in [3.63, 3.8) is 0 Å². The largest absolute Gasteiger partial charge is 0.394 e. The molecule has 4 heteroatoms. The molecule has 4 nitrogen and oxygen atoms in total. The summed E-state index contributed by atoms with van der Waals surface area (Å²) in [6.45, 7) is 4.35. The summed E-state index contributed by atoms with van der Waals surface area (Å²) in [7, 11) is 0. The Morgan fingerprint density at radius 3 is 1.04 bits per heavy atom. The van der Waals surface area contributed by atoms with Crippen LogP contribution in [-0.2, 0) is 4.79 Å². The first-order chi connectivity index (χ1) is 27.2. The van der Waals surface area contributed by atoms with E-state index in [1.807, 2.05) is 0 Å². The average Bonchev–Trinajstić information content (AvgIpc) is 3.19. The van der Waals surface area contributed by atoms with Crippen LogP contribution < -0.4 is 5.32 Å². The minimum atomic E-state index is -0.660. The zero-order valence-corrected chi connectivity index (χ0v) is 37.7. The average molecular weight is 776 g/mol. The molecule has 0 rings (SSSR count). The molecule has 3 N–H and O–H groups in total. The summed E-state index contributed by atoms with van der Waals surface area (Å²) < 4.78 is 0. The van der Waals surface area contributed by atoms with Crippen molar-refractivity contribution in [2.45, 2.75) is 302 Å². The number of hydrogen-bond donors (Lipinski definition) is 3. The second kappa shape index (κ2) is 47.5. The predicted octanol–water partition coefficient (Wildman–Crippen LogP) is 16.2. The summed E-state index contributed by atoms with van der Waals surface area (Å²) in [5, 5.41) is 23.2. The zero-order chi connectivity index (χ0) is 40.0. The fourth-order valence-electron chi connectivity index (χ4n) is 8.12. The molecule has 0 saturated carbocycles. The third kappa shape index (κ3) is 44.1. The van der Waals surface area contributed by atoms with Crippen molar-refractivity contribution in [3.8, 4) is 0 Å². The summed E-state index contributed by atoms with van der Waals surface area (Å²) in [4.78, 5) is 12.4. The smallest absolute Gasteiger partial charge is 0.220 e. The molecule has 0 spiro atoms. The van der Waals surface area contributed by atoms with Crippen LogP contribution in [0, 0.1) is 0 Å². The topological polar surface area (TPSA) is 69.6 Å². The summed E-state index contributed by atoms with van der Waals surface area (Å²) in [6, 6.07) is -0.537. The van der Waals surface area contributed by atoms with Crippen molar-refractivity contribution in [1.82, 2.24) is 5.32 Å². The van der Waals surface area contributed by atoms with E-state index in [9.17, 15) is 15.0 Å². The number of aliphatic hydroxyl groups excluding tert-OH is 2. The molecule has 0 heterocycles. The van der Waals surface area contributed by atoms with E-state index >= 15 is 0 Å². The highest BCUT2D eigenvalue weighted by molar-refractivity contribution is 5.76. The van der Waals surface area contributed by atoms with Gasteiger partial charge in [0, 0.05) is 6.42 Å². The fourth-order valence-corrected chi connectivity index (χ4v) is 8.12. The first-order valence-electron chi connectivity index (χ1n) is 25.4. The van der Waals surface area contributed by atoms with E-state index in [1.165, 1.54) is 238 Å². The Morgan fingerprint density at radius 2 is 0.691 bits per heavy atom. The fraction of sp³-hybridized carbons (Fsp3) is 0.941. The van der Waals surface area contributed by atoms with Crippen LogP contribution in [-0.4, -0.2) is 34.9 Å². The van der Waals surface area contributed by atoms with Crippen LogP contribution in [0.15, 0.2) is 12.2 Å². The second-order valence-corrected chi connectivity index (χ2v) is 17.6. The van der Waals surface area contributed by atoms with E-state index in [-0.39, 0.29) is 12.5 Å². The first kappa shape index (κ1) is 54.1. The molecule has 0 bridgehead atoms. The Hall–Kier alpha value is -0.870. The molecule has 0 fully saturated rings. The SMILES string of the molecule is CCCCC/C=C\CCCCCCCC(=O)NC(CO)C(O)CCCCCCCCCCCCCCCCCCCCCCCCCCCCCCCCC. The number of hydrogen-bond acceptors (Lipinski definition) is 3. The highest BCUT2D eigenvalue weighted by Gasteiger charge is 2.20. The van der Waals surface area contributed by atoms with Crippen molar-refractivity contribution in [3.05, 3.63) is 12.2 Å². The van der Waals surface area contributed by atoms with Crippen molar-refractivity contribution < 1.29 is 15.0 Å². The van der Waals surface area contributed by atoms with Gasteiger partial charge >= 0.3 is 0 Å². The number of unbranched alkanes of at least 4 members (excludes halogenated alkanes) is 38. The quantitative estimate of drug-likeness (QED) is 0.0426. The highest BCUT2D eigenvalue weighted by atomic mass is 16.3. The van der Waals surface area contributed by atoms with Gasteiger partial charge in [-0.2, -0.15) is 0 Å². The Kier molecular flexibility index (Phi) is 46.8. The minimum absolute atomic E-state index is 0.0380. The predicted molar refractivity (Wildman–Crippen MR) is 244 cm³/mol. The molecule has 0 aliphatic heterocycles. The van der Waals surface area contributed by atoms with Gasteiger partial charge in [-0.15, -0.1) is 0 Å². The van der Waals surface area contributed by atoms with E-state index < -0.39 is 12.1 Å². The lowest BCUT2D eigenvalue weighted by atomic mass is 10.0. The molecule has 2 unspecified atom stereocenters.